The zero-order valence-corrected chi connectivity index (χ0v) is 12.0. The Morgan fingerprint density at radius 1 is 1.61 bits per heavy atom. The first-order valence-electron chi connectivity index (χ1n) is 5.87. The van der Waals surface area contributed by atoms with Crippen molar-refractivity contribution >= 4 is 29.3 Å². The Labute approximate surface area is 116 Å². The number of nitrogens with one attached hydrogen (secondary N) is 1. The molecule has 1 aliphatic heterocycles. The lowest BCUT2D eigenvalue weighted by molar-refractivity contribution is -0.130. The van der Waals surface area contributed by atoms with Gasteiger partial charge in [-0.1, -0.05) is 11.6 Å². The van der Waals surface area contributed by atoms with Gasteiger partial charge in [0, 0.05) is 22.8 Å². The van der Waals surface area contributed by atoms with E-state index in [1.54, 1.807) is 18.7 Å². The number of halogens is 1. The quantitative estimate of drug-likeness (QED) is 0.928. The highest BCUT2D eigenvalue weighted by Gasteiger charge is 2.24. The van der Waals surface area contributed by atoms with Crippen LogP contribution in [0.3, 0.4) is 0 Å². The van der Waals surface area contributed by atoms with Gasteiger partial charge >= 0.3 is 0 Å². The van der Waals surface area contributed by atoms with Crippen LogP contribution in [-0.2, 0) is 9.53 Å². The summed E-state index contributed by atoms with van der Waals surface area (Å²) in [5.41, 5.74) is 1.11. The van der Waals surface area contributed by atoms with Crippen LogP contribution >= 0.6 is 23.4 Å². The molecule has 2 rings (SSSR count). The second kappa shape index (κ2) is 5.95. The maximum absolute atomic E-state index is 11.9. The van der Waals surface area contributed by atoms with Gasteiger partial charge in [0.05, 0.1) is 6.04 Å². The summed E-state index contributed by atoms with van der Waals surface area (Å²) >= 11 is 7.82. The number of hydrogen-bond donors (Lipinski definition) is 1. The number of hydrogen-bond acceptors (Lipinski definition) is 3. The second-order valence-corrected chi connectivity index (χ2v) is 5.83. The molecule has 0 bridgehead atoms. The molecule has 0 radical (unpaired) electrons. The number of amides is 1. The van der Waals surface area contributed by atoms with E-state index >= 15 is 0 Å². The fraction of sp³-hybridized carbons (Fsp3) is 0.462. The lowest BCUT2D eigenvalue weighted by atomic mass is 10.0. The largest absolute Gasteiger partial charge is 0.372 e. The summed E-state index contributed by atoms with van der Waals surface area (Å²) in [6.07, 6.45) is 0.488. The van der Waals surface area contributed by atoms with Crippen LogP contribution in [0, 0.1) is 0 Å². The van der Waals surface area contributed by atoms with E-state index in [0.717, 1.165) is 17.7 Å². The van der Waals surface area contributed by atoms with Crippen molar-refractivity contribution in [3.63, 3.8) is 0 Å². The predicted molar refractivity (Wildman–Crippen MR) is 74.1 cm³/mol. The van der Waals surface area contributed by atoms with Crippen LogP contribution in [0.4, 0.5) is 0 Å². The number of rotatable bonds is 3. The number of carbonyl (C=O) groups is 1. The summed E-state index contributed by atoms with van der Waals surface area (Å²) in [6, 6.07) is 5.87. The molecule has 2 unspecified atom stereocenters. The van der Waals surface area contributed by atoms with Gasteiger partial charge < -0.3 is 10.1 Å². The summed E-state index contributed by atoms with van der Waals surface area (Å²) in [5.74, 6) is 0.918. The Bertz CT molecular complexity index is 453. The highest BCUT2D eigenvalue weighted by Crippen LogP contribution is 2.37. The van der Waals surface area contributed by atoms with Gasteiger partial charge in [-0.25, -0.2) is 0 Å². The van der Waals surface area contributed by atoms with Crippen molar-refractivity contribution in [2.24, 2.45) is 0 Å². The summed E-state index contributed by atoms with van der Waals surface area (Å²) < 4.78 is 5.02. The lowest BCUT2D eigenvalue weighted by Gasteiger charge is -2.27. The van der Waals surface area contributed by atoms with Crippen LogP contribution < -0.4 is 5.32 Å². The standard InChI is InChI=1S/C13H16ClNO2S/c1-8(17-2)13(16)15-11-5-6-18-12-4-3-9(14)7-10(11)12/h3-4,7-8,11H,5-6H2,1-2H3,(H,15,16). The van der Waals surface area contributed by atoms with E-state index in [1.807, 2.05) is 18.2 Å². The van der Waals surface area contributed by atoms with Crippen LogP contribution in [0.25, 0.3) is 0 Å². The normalized spacial score (nSPS) is 20.1. The third-order valence-electron chi connectivity index (χ3n) is 3.05. The molecule has 18 heavy (non-hydrogen) atoms. The second-order valence-electron chi connectivity index (χ2n) is 4.26. The predicted octanol–water partition coefficient (Wildman–Crippen LogP) is 3.03. The molecule has 1 heterocycles. The van der Waals surface area contributed by atoms with Crippen LogP contribution in [0.15, 0.2) is 23.1 Å². The molecule has 1 aromatic rings. The average Bonchev–Trinajstić information content (AvgIpc) is 2.38. The van der Waals surface area contributed by atoms with E-state index in [-0.39, 0.29) is 11.9 Å². The average molecular weight is 286 g/mol. The first-order chi connectivity index (χ1) is 8.61. The van der Waals surface area contributed by atoms with Gasteiger partial charge in [0.1, 0.15) is 6.10 Å². The molecule has 2 atom stereocenters. The molecule has 0 aromatic heterocycles. The van der Waals surface area contributed by atoms with Crippen molar-refractivity contribution in [1.82, 2.24) is 5.32 Å². The SMILES string of the molecule is COC(C)C(=O)NC1CCSc2ccc(Cl)cc21. The Balaban J connectivity index is 2.17. The Kier molecular flexibility index (Phi) is 4.54. The number of ether oxygens (including phenoxy) is 1. The molecule has 0 aliphatic carbocycles. The molecule has 3 nitrogen and oxygen atoms in total. The Morgan fingerprint density at radius 2 is 2.39 bits per heavy atom. The van der Waals surface area contributed by atoms with Crippen LogP contribution in [0.5, 0.6) is 0 Å². The monoisotopic (exact) mass is 285 g/mol. The first-order valence-corrected chi connectivity index (χ1v) is 7.23. The van der Waals surface area contributed by atoms with Gasteiger partial charge in [-0.2, -0.15) is 0 Å². The molecule has 0 spiro atoms. The number of benzene rings is 1. The minimum absolute atomic E-state index is 0.0325. The van der Waals surface area contributed by atoms with Gasteiger partial charge in [-0.05, 0) is 37.1 Å². The van der Waals surface area contributed by atoms with Gasteiger partial charge in [0.15, 0.2) is 0 Å². The van der Waals surface area contributed by atoms with E-state index in [9.17, 15) is 4.79 Å². The first kappa shape index (κ1) is 13.7. The lowest BCUT2D eigenvalue weighted by Crippen LogP contribution is -2.37. The molecule has 0 fully saturated rings. The topological polar surface area (TPSA) is 38.3 Å². The maximum atomic E-state index is 11.9. The Morgan fingerprint density at radius 3 is 3.11 bits per heavy atom. The summed E-state index contributed by atoms with van der Waals surface area (Å²) in [5, 5.41) is 3.72. The van der Waals surface area contributed by atoms with Crippen LogP contribution in [0.1, 0.15) is 24.9 Å². The van der Waals surface area contributed by atoms with Gasteiger partial charge in [0.25, 0.3) is 0 Å². The van der Waals surface area contributed by atoms with E-state index in [0.29, 0.717) is 5.02 Å². The number of methoxy groups -OCH3 is 1. The fourth-order valence-electron chi connectivity index (χ4n) is 1.91. The molecule has 0 saturated heterocycles. The zero-order chi connectivity index (χ0) is 13.1. The van der Waals surface area contributed by atoms with Gasteiger partial charge in [0.2, 0.25) is 5.91 Å². The molecular formula is C13H16ClNO2S. The van der Waals surface area contributed by atoms with E-state index < -0.39 is 6.10 Å². The summed E-state index contributed by atoms with van der Waals surface area (Å²) in [7, 11) is 1.53. The molecule has 1 amide bonds. The zero-order valence-electron chi connectivity index (χ0n) is 10.4. The molecule has 1 N–H and O–H groups in total. The van der Waals surface area contributed by atoms with Gasteiger partial charge in [-0.3, -0.25) is 4.79 Å². The van der Waals surface area contributed by atoms with Crippen molar-refractivity contribution < 1.29 is 9.53 Å². The van der Waals surface area contributed by atoms with Crippen LogP contribution in [0.2, 0.25) is 5.02 Å². The molecule has 0 saturated carbocycles. The minimum atomic E-state index is -0.429. The van der Waals surface area contributed by atoms with Crippen molar-refractivity contribution in [2.75, 3.05) is 12.9 Å². The highest BCUT2D eigenvalue weighted by molar-refractivity contribution is 7.99. The minimum Gasteiger partial charge on any atom is -0.372 e. The maximum Gasteiger partial charge on any atom is 0.249 e. The smallest absolute Gasteiger partial charge is 0.249 e. The summed E-state index contributed by atoms with van der Waals surface area (Å²) in [4.78, 5) is 13.1. The molecule has 1 aromatic carbocycles. The molecule has 98 valence electrons. The van der Waals surface area contributed by atoms with Crippen molar-refractivity contribution in [1.29, 1.82) is 0 Å². The fourth-order valence-corrected chi connectivity index (χ4v) is 3.20. The van der Waals surface area contributed by atoms with Gasteiger partial charge in [-0.15, -0.1) is 11.8 Å². The van der Waals surface area contributed by atoms with Crippen molar-refractivity contribution in [3.8, 4) is 0 Å². The molecular weight excluding hydrogens is 270 g/mol. The number of fused-ring (bicyclic) bond motifs is 1. The number of thioether (sulfide) groups is 1. The third-order valence-corrected chi connectivity index (χ3v) is 4.41. The van der Waals surface area contributed by atoms with Crippen molar-refractivity contribution in [3.05, 3.63) is 28.8 Å². The Hall–Kier alpha value is -0.710. The van der Waals surface area contributed by atoms with E-state index in [1.165, 1.54) is 12.0 Å². The molecule has 5 heteroatoms. The van der Waals surface area contributed by atoms with Crippen molar-refractivity contribution in [2.45, 2.75) is 30.4 Å². The third kappa shape index (κ3) is 2.99. The van der Waals surface area contributed by atoms with E-state index in [4.69, 9.17) is 16.3 Å². The van der Waals surface area contributed by atoms with E-state index in [2.05, 4.69) is 5.32 Å². The highest BCUT2D eigenvalue weighted by atomic mass is 35.5. The van der Waals surface area contributed by atoms with Crippen LogP contribution in [-0.4, -0.2) is 24.9 Å². The number of carbonyl (C=O) groups excluding carboxylic acids is 1. The molecule has 1 aliphatic rings. The summed E-state index contributed by atoms with van der Waals surface area (Å²) in [6.45, 7) is 1.74.